The summed E-state index contributed by atoms with van der Waals surface area (Å²) >= 11 is 0. The smallest absolute Gasteiger partial charge is 0.238 e. The van der Waals surface area contributed by atoms with Crippen LogP contribution in [0, 0.1) is 0 Å². The maximum Gasteiger partial charge on any atom is 0.238 e. The minimum atomic E-state index is 0.547. The molecule has 0 bridgehead atoms. The summed E-state index contributed by atoms with van der Waals surface area (Å²) in [5.74, 6) is 1.70. The monoisotopic (exact) mass is 654 g/mol. The van der Waals surface area contributed by atoms with Crippen molar-refractivity contribution >= 4 is 65.6 Å². The van der Waals surface area contributed by atoms with Crippen LogP contribution in [0.3, 0.4) is 0 Å². The van der Waals surface area contributed by atoms with E-state index in [1.54, 1.807) is 0 Å². The van der Waals surface area contributed by atoms with Gasteiger partial charge in [-0.05, 0) is 60.7 Å². The highest BCUT2D eigenvalue weighted by atomic mass is 16.3. The molecule has 0 unspecified atom stereocenters. The molecule has 0 atom stereocenters. The number of furan rings is 1. The molecule has 0 amide bonds. The first-order valence-electron chi connectivity index (χ1n) is 16.9. The van der Waals surface area contributed by atoms with Crippen molar-refractivity contribution in [3.05, 3.63) is 158 Å². The van der Waals surface area contributed by atoms with Gasteiger partial charge in [0.1, 0.15) is 11.2 Å². The second-order valence-corrected chi connectivity index (χ2v) is 12.7. The molecule has 0 spiro atoms. The van der Waals surface area contributed by atoms with Gasteiger partial charge in [0.05, 0.1) is 27.8 Å². The molecular formula is C44H26N6O. The van der Waals surface area contributed by atoms with Crippen molar-refractivity contribution in [2.24, 2.45) is 0 Å². The number of aromatic nitrogens is 6. The van der Waals surface area contributed by atoms with Crippen molar-refractivity contribution < 1.29 is 4.42 Å². The van der Waals surface area contributed by atoms with E-state index in [2.05, 4.69) is 123 Å². The van der Waals surface area contributed by atoms with E-state index in [1.165, 1.54) is 0 Å². The van der Waals surface area contributed by atoms with E-state index in [0.717, 1.165) is 82.4 Å². The molecule has 0 aliphatic heterocycles. The Morgan fingerprint density at radius 1 is 0.431 bits per heavy atom. The lowest BCUT2D eigenvalue weighted by Gasteiger charge is -2.15. The largest absolute Gasteiger partial charge is 0.456 e. The van der Waals surface area contributed by atoms with Gasteiger partial charge < -0.3 is 8.98 Å². The van der Waals surface area contributed by atoms with E-state index in [-0.39, 0.29) is 0 Å². The molecule has 0 radical (unpaired) electrons. The molecule has 5 heterocycles. The van der Waals surface area contributed by atoms with E-state index in [0.29, 0.717) is 17.6 Å². The zero-order valence-electron chi connectivity index (χ0n) is 27.1. The fourth-order valence-electron chi connectivity index (χ4n) is 7.65. The number of hydrogen-bond acceptors (Lipinski definition) is 5. The van der Waals surface area contributed by atoms with Gasteiger partial charge in [0.15, 0.2) is 11.6 Å². The van der Waals surface area contributed by atoms with Gasteiger partial charge in [-0.25, -0.2) is 4.98 Å². The van der Waals surface area contributed by atoms with Crippen LogP contribution in [-0.2, 0) is 0 Å². The zero-order chi connectivity index (χ0) is 33.5. The first-order chi connectivity index (χ1) is 25.3. The third-order valence-corrected chi connectivity index (χ3v) is 9.90. The summed E-state index contributed by atoms with van der Waals surface area (Å²) in [6.45, 7) is 0. The molecule has 238 valence electrons. The predicted octanol–water partition coefficient (Wildman–Crippen LogP) is 10.7. The number of nitrogens with zero attached hydrogens (tertiary/aromatic N) is 6. The van der Waals surface area contributed by atoms with Crippen molar-refractivity contribution in [2.75, 3.05) is 0 Å². The summed E-state index contributed by atoms with van der Waals surface area (Å²) in [6, 6.07) is 50.0. The maximum absolute atomic E-state index is 6.18. The molecule has 0 aliphatic carbocycles. The van der Waals surface area contributed by atoms with Crippen molar-refractivity contribution in [2.45, 2.75) is 0 Å². The Balaban J connectivity index is 1.22. The molecule has 0 saturated carbocycles. The van der Waals surface area contributed by atoms with Crippen LogP contribution >= 0.6 is 0 Å². The van der Waals surface area contributed by atoms with Crippen molar-refractivity contribution in [1.29, 1.82) is 0 Å². The van der Waals surface area contributed by atoms with Gasteiger partial charge in [0, 0.05) is 55.8 Å². The zero-order valence-corrected chi connectivity index (χ0v) is 27.1. The number of benzene rings is 6. The van der Waals surface area contributed by atoms with Crippen molar-refractivity contribution in [3.63, 3.8) is 0 Å². The Bertz CT molecular complexity index is 3060. The molecule has 0 fully saturated rings. The number of rotatable bonds is 4. The van der Waals surface area contributed by atoms with Crippen LogP contribution in [-0.4, -0.2) is 29.1 Å². The Morgan fingerprint density at radius 3 is 1.80 bits per heavy atom. The van der Waals surface area contributed by atoms with Crippen molar-refractivity contribution in [3.8, 4) is 34.4 Å². The summed E-state index contributed by atoms with van der Waals surface area (Å²) in [7, 11) is 0. The number of pyridine rings is 1. The molecular weight excluding hydrogens is 629 g/mol. The highest BCUT2D eigenvalue weighted by molar-refractivity contribution is 6.10. The van der Waals surface area contributed by atoms with Gasteiger partial charge in [0.2, 0.25) is 5.95 Å². The van der Waals surface area contributed by atoms with E-state index in [4.69, 9.17) is 19.4 Å². The molecule has 6 aromatic carbocycles. The van der Waals surface area contributed by atoms with Gasteiger partial charge in [-0.2, -0.15) is 9.97 Å². The third-order valence-electron chi connectivity index (χ3n) is 9.90. The molecule has 11 aromatic rings. The fourth-order valence-corrected chi connectivity index (χ4v) is 7.65. The van der Waals surface area contributed by atoms with Gasteiger partial charge in [-0.15, -0.1) is 0 Å². The van der Waals surface area contributed by atoms with Crippen LogP contribution in [0.15, 0.2) is 162 Å². The highest BCUT2D eigenvalue weighted by Gasteiger charge is 2.21. The van der Waals surface area contributed by atoms with Crippen LogP contribution < -0.4 is 0 Å². The summed E-state index contributed by atoms with van der Waals surface area (Å²) in [6.07, 6.45) is 3.78. The number of hydrogen-bond donors (Lipinski definition) is 0. The second-order valence-electron chi connectivity index (χ2n) is 12.7. The lowest BCUT2D eigenvalue weighted by Crippen LogP contribution is -2.07. The standard InChI is InChI=1S/C44H26N6O/c1-7-17-36-28(11-1)29-12-2-8-18-37(29)50(36)44-47-42(27-21-22-41-33(25-27)31-14-5-10-20-40(31)51-41)46-43(48-44)32-15-4-9-19-38(32)49-35-16-6-3-13-30(35)34-26-45-24-23-39(34)49/h1-26H. The van der Waals surface area contributed by atoms with E-state index in [9.17, 15) is 0 Å². The summed E-state index contributed by atoms with van der Waals surface area (Å²) < 4.78 is 10.6. The first kappa shape index (κ1) is 27.8. The quantitative estimate of drug-likeness (QED) is 0.189. The van der Waals surface area contributed by atoms with Crippen LogP contribution in [0.4, 0.5) is 0 Å². The normalized spacial score (nSPS) is 11.9. The molecule has 0 N–H and O–H groups in total. The van der Waals surface area contributed by atoms with Crippen LogP contribution in [0.1, 0.15) is 0 Å². The Hall–Kier alpha value is -7.12. The van der Waals surface area contributed by atoms with Gasteiger partial charge >= 0.3 is 0 Å². The van der Waals surface area contributed by atoms with E-state index in [1.807, 2.05) is 48.8 Å². The fraction of sp³-hybridized carbons (Fsp3) is 0. The minimum absolute atomic E-state index is 0.547. The van der Waals surface area contributed by atoms with Crippen LogP contribution in [0.5, 0.6) is 0 Å². The molecule has 7 nitrogen and oxygen atoms in total. The summed E-state index contributed by atoms with van der Waals surface area (Å²) in [4.78, 5) is 20.3. The Morgan fingerprint density at radius 2 is 1.02 bits per heavy atom. The molecule has 5 aromatic heterocycles. The average molecular weight is 655 g/mol. The van der Waals surface area contributed by atoms with E-state index < -0.39 is 0 Å². The molecule has 7 heteroatoms. The van der Waals surface area contributed by atoms with E-state index >= 15 is 0 Å². The van der Waals surface area contributed by atoms with Crippen molar-refractivity contribution in [1.82, 2.24) is 29.1 Å². The Kier molecular flexibility index (Phi) is 5.83. The maximum atomic E-state index is 6.18. The SMILES string of the molecule is c1ccc(-n2c3ccccc3c3cnccc32)c(-c2nc(-c3ccc4oc5ccccc5c4c3)nc(-n3c4ccccc4c4ccccc43)n2)c1. The lowest BCUT2D eigenvalue weighted by atomic mass is 10.1. The van der Waals surface area contributed by atoms with Gasteiger partial charge in [-0.3, -0.25) is 9.55 Å². The summed E-state index contributed by atoms with van der Waals surface area (Å²) in [5.41, 5.74) is 8.61. The molecule has 0 aliphatic rings. The predicted molar refractivity (Wildman–Crippen MR) is 204 cm³/mol. The van der Waals surface area contributed by atoms with Crippen LogP contribution in [0.25, 0.3) is 100.0 Å². The van der Waals surface area contributed by atoms with Crippen LogP contribution in [0.2, 0.25) is 0 Å². The molecule has 11 rings (SSSR count). The molecule has 51 heavy (non-hydrogen) atoms. The average Bonchev–Trinajstić information content (AvgIpc) is 3.85. The first-order valence-corrected chi connectivity index (χ1v) is 16.9. The second kappa shape index (κ2) is 10.7. The van der Waals surface area contributed by atoms with Gasteiger partial charge in [-0.1, -0.05) is 84.9 Å². The minimum Gasteiger partial charge on any atom is -0.456 e. The summed E-state index contributed by atoms with van der Waals surface area (Å²) in [5, 5.41) is 6.58. The highest BCUT2D eigenvalue weighted by Crippen LogP contribution is 2.37. The topological polar surface area (TPSA) is 74.6 Å². The number of para-hydroxylation sites is 5. The third kappa shape index (κ3) is 4.12. The van der Waals surface area contributed by atoms with Gasteiger partial charge in [0.25, 0.3) is 0 Å². The number of fused-ring (bicyclic) bond motifs is 9. The Labute approximate surface area is 290 Å². The lowest BCUT2D eigenvalue weighted by molar-refractivity contribution is 0.669. The molecule has 0 saturated heterocycles.